The lowest BCUT2D eigenvalue weighted by molar-refractivity contribution is -0.00499. The first-order chi connectivity index (χ1) is 15.8. The smallest absolute Gasteiger partial charge is 0.0615 e. The first-order valence-corrected chi connectivity index (χ1v) is 12.7. The van der Waals surface area contributed by atoms with Crippen molar-refractivity contribution in [2.75, 3.05) is 19.7 Å². The van der Waals surface area contributed by atoms with Gasteiger partial charge in [0.1, 0.15) is 0 Å². The van der Waals surface area contributed by atoms with E-state index in [1.54, 1.807) is 0 Å². The highest BCUT2D eigenvalue weighted by Gasteiger charge is 2.50. The Kier molecular flexibility index (Phi) is 8.15. The van der Waals surface area contributed by atoms with Crippen LogP contribution in [0.15, 0.2) is 60.7 Å². The average molecular weight is 433 g/mol. The zero-order valence-electron chi connectivity index (χ0n) is 19.7. The molecule has 3 heteroatoms. The standard InChI is InChI=1S/C29H40N2O/c1-2-3-21-32-28-16-10-15-27(28)29(23-30,25-13-8-5-9-14-25)26-17-19-31(20-18-26)22-24-11-6-4-7-12-24/h4-9,11-14,23,26-28,30H,2-3,10,15-22H2,1H3. The van der Waals surface area contributed by atoms with E-state index in [4.69, 9.17) is 10.1 Å². The molecule has 2 aliphatic rings. The zero-order valence-corrected chi connectivity index (χ0v) is 19.7. The van der Waals surface area contributed by atoms with Gasteiger partial charge < -0.3 is 10.1 Å². The average Bonchev–Trinajstić information content (AvgIpc) is 3.31. The van der Waals surface area contributed by atoms with Crippen LogP contribution in [0.1, 0.15) is 63.0 Å². The van der Waals surface area contributed by atoms with Crippen molar-refractivity contribution in [1.82, 2.24) is 4.90 Å². The van der Waals surface area contributed by atoms with Crippen molar-refractivity contribution in [3.63, 3.8) is 0 Å². The van der Waals surface area contributed by atoms with Gasteiger partial charge in [0.2, 0.25) is 0 Å². The molecule has 0 spiro atoms. The molecule has 172 valence electrons. The van der Waals surface area contributed by atoms with Gasteiger partial charge in [-0.1, -0.05) is 80.4 Å². The largest absolute Gasteiger partial charge is 0.378 e. The SMILES string of the molecule is CCCCOC1CCCC1C(C=N)(c1ccccc1)C1CCN(Cc2ccccc2)CC1. The number of nitrogens with zero attached hydrogens (tertiary/aromatic N) is 1. The van der Waals surface area contributed by atoms with Gasteiger partial charge in [-0.05, 0) is 68.2 Å². The van der Waals surface area contributed by atoms with Gasteiger partial charge in [-0.15, -0.1) is 0 Å². The highest BCUT2D eigenvalue weighted by atomic mass is 16.5. The van der Waals surface area contributed by atoms with Crippen molar-refractivity contribution in [1.29, 1.82) is 5.41 Å². The van der Waals surface area contributed by atoms with Gasteiger partial charge >= 0.3 is 0 Å². The van der Waals surface area contributed by atoms with Gasteiger partial charge in [-0.25, -0.2) is 0 Å². The molecule has 1 heterocycles. The second-order valence-electron chi connectivity index (χ2n) is 9.78. The Bertz CT molecular complexity index is 816. The van der Waals surface area contributed by atoms with Crippen LogP contribution in [0.4, 0.5) is 0 Å². The van der Waals surface area contributed by atoms with E-state index in [1.165, 1.54) is 30.4 Å². The number of ether oxygens (including phenoxy) is 1. The Balaban J connectivity index is 1.54. The van der Waals surface area contributed by atoms with Crippen LogP contribution in [0.3, 0.4) is 0 Å². The molecule has 0 aromatic heterocycles. The van der Waals surface area contributed by atoms with Gasteiger partial charge in [-0.3, -0.25) is 4.90 Å². The molecule has 1 N–H and O–H groups in total. The number of hydrogen-bond acceptors (Lipinski definition) is 3. The Morgan fingerprint density at radius 3 is 2.31 bits per heavy atom. The minimum Gasteiger partial charge on any atom is -0.378 e. The monoisotopic (exact) mass is 432 g/mol. The quantitative estimate of drug-likeness (QED) is 0.345. The Morgan fingerprint density at radius 1 is 0.969 bits per heavy atom. The van der Waals surface area contributed by atoms with E-state index in [1.807, 2.05) is 6.21 Å². The highest BCUT2D eigenvalue weighted by molar-refractivity contribution is 5.72. The predicted molar refractivity (Wildman–Crippen MR) is 133 cm³/mol. The molecule has 1 saturated carbocycles. The van der Waals surface area contributed by atoms with E-state index in [0.29, 0.717) is 11.8 Å². The lowest BCUT2D eigenvalue weighted by atomic mass is 9.59. The van der Waals surface area contributed by atoms with Crippen LogP contribution in [0.25, 0.3) is 0 Å². The summed E-state index contributed by atoms with van der Waals surface area (Å²) >= 11 is 0. The van der Waals surface area contributed by atoms with Gasteiger partial charge in [0, 0.05) is 24.8 Å². The fourth-order valence-electron chi connectivity index (χ4n) is 6.25. The summed E-state index contributed by atoms with van der Waals surface area (Å²) in [6.07, 6.45) is 10.2. The van der Waals surface area contributed by atoms with E-state index >= 15 is 0 Å². The molecule has 3 atom stereocenters. The molecule has 1 aliphatic heterocycles. The van der Waals surface area contributed by atoms with E-state index in [0.717, 1.165) is 51.9 Å². The van der Waals surface area contributed by atoms with Crippen LogP contribution in [-0.4, -0.2) is 36.9 Å². The summed E-state index contributed by atoms with van der Waals surface area (Å²) in [4.78, 5) is 2.59. The van der Waals surface area contributed by atoms with Gasteiger partial charge in [0.25, 0.3) is 0 Å². The molecule has 3 unspecified atom stereocenters. The number of rotatable bonds is 10. The van der Waals surface area contributed by atoms with Gasteiger partial charge in [0.05, 0.1) is 6.10 Å². The third-order valence-electron chi connectivity index (χ3n) is 7.92. The first kappa shape index (κ1) is 23.2. The third-order valence-corrected chi connectivity index (χ3v) is 7.92. The maximum Gasteiger partial charge on any atom is 0.0615 e. The Hall–Kier alpha value is -1.97. The molecule has 2 aromatic rings. The molecular weight excluding hydrogens is 392 g/mol. The van der Waals surface area contributed by atoms with E-state index in [2.05, 4.69) is 72.5 Å². The molecule has 1 saturated heterocycles. The fourth-order valence-corrected chi connectivity index (χ4v) is 6.25. The molecule has 0 radical (unpaired) electrons. The minimum absolute atomic E-state index is 0.215. The highest BCUT2D eigenvalue weighted by Crippen LogP contribution is 2.50. The summed E-state index contributed by atoms with van der Waals surface area (Å²) < 4.78 is 6.46. The third kappa shape index (κ3) is 5.00. The maximum absolute atomic E-state index is 8.79. The number of piperidine rings is 1. The maximum atomic E-state index is 8.79. The van der Waals surface area contributed by atoms with Gasteiger partial charge in [-0.2, -0.15) is 0 Å². The first-order valence-electron chi connectivity index (χ1n) is 12.7. The molecule has 0 bridgehead atoms. The number of benzene rings is 2. The Labute approximate surface area is 194 Å². The van der Waals surface area contributed by atoms with E-state index < -0.39 is 0 Å². The molecule has 2 aromatic carbocycles. The Morgan fingerprint density at radius 2 is 1.66 bits per heavy atom. The van der Waals surface area contributed by atoms with Crippen LogP contribution in [0.5, 0.6) is 0 Å². The number of hydrogen-bond donors (Lipinski definition) is 1. The van der Waals surface area contributed by atoms with Gasteiger partial charge in [0.15, 0.2) is 0 Å². The normalized spacial score (nSPS) is 24.3. The molecule has 32 heavy (non-hydrogen) atoms. The van der Waals surface area contributed by atoms with Crippen molar-refractivity contribution < 1.29 is 4.74 Å². The summed E-state index contributed by atoms with van der Waals surface area (Å²) in [6.45, 7) is 6.33. The number of unbranched alkanes of at least 4 members (excludes halogenated alkanes) is 1. The van der Waals surface area contributed by atoms with Crippen molar-refractivity contribution in [2.45, 2.75) is 69.9 Å². The van der Waals surface area contributed by atoms with Crippen LogP contribution < -0.4 is 0 Å². The van der Waals surface area contributed by atoms with Crippen LogP contribution in [-0.2, 0) is 16.7 Å². The minimum atomic E-state index is -0.215. The molecular formula is C29H40N2O. The zero-order chi connectivity index (χ0) is 22.2. The number of likely N-dealkylation sites (tertiary alicyclic amines) is 1. The summed E-state index contributed by atoms with van der Waals surface area (Å²) in [5.74, 6) is 0.903. The van der Waals surface area contributed by atoms with Crippen LogP contribution >= 0.6 is 0 Å². The molecule has 2 fully saturated rings. The molecule has 1 aliphatic carbocycles. The topological polar surface area (TPSA) is 36.3 Å². The predicted octanol–water partition coefficient (Wildman–Crippen LogP) is 6.47. The second-order valence-corrected chi connectivity index (χ2v) is 9.78. The lowest BCUT2D eigenvalue weighted by Gasteiger charge is -2.48. The second kappa shape index (κ2) is 11.2. The lowest BCUT2D eigenvalue weighted by Crippen LogP contribution is -2.51. The summed E-state index contributed by atoms with van der Waals surface area (Å²) in [5, 5.41) is 8.79. The molecule has 4 rings (SSSR count). The number of nitrogens with one attached hydrogen (secondary N) is 1. The molecule has 3 nitrogen and oxygen atoms in total. The van der Waals surface area contributed by atoms with E-state index in [9.17, 15) is 0 Å². The van der Waals surface area contributed by atoms with E-state index in [-0.39, 0.29) is 11.5 Å². The van der Waals surface area contributed by atoms with Crippen molar-refractivity contribution in [3.8, 4) is 0 Å². The van der Waals surface area contributed by atoms with Crippen LogP contribution in [0.2, 0.25) is 0 Å². The molecule has 0 amide bonds. The van der Waals surface area contributed by atoms with Crippen molar-refractivity contribution in [2.24, 2.45) is 11.8 Å². The van der Waals surface area contributed by atoms with Crippen molar-refractivity contribution in [3.05, 3.63) is 71.8 Å². The summed E-state index contributed by atoms with van der Waals surface area (Å²) in [7, 11) is 0. The fraction of sp³-hybridized carbons (Fsp3) is 0.552. The summed E-state index contributed by atoms with van der Waals surface area (Å²) in [6, 6.07) is 21.8. The van der Waals surface area contributed by atoms with Crippen LogP contribution in [0, 0.1) is 17.2 Å². The van der Waals surface area contributed by atoms with Crippen molar-refractivity contribution >= 4 is 6.21 Å². The summed E-state index contributed by atoms with van der Waals surface area (Å²) in [5.41, 5.74) is 2.51.